The second kappa shape index (κ2) is 7.31. The van der Waals surface area contributed by atoms with Gasteiger partial charge in [-0.15, -0.1) is 0 Å². The number of likely N-dealkylation sites (N-methyl/N-ethyl adjacent to an activating group) is 1. The highest BCUT2D eigenvalue weighted by molar-refractivity contribution is 7.87. The molecule has 1 fully saturated rings. The van der Waals surface area contributed by atoms with E-state index in [1.165, 1.54) is 17.1 Å². The molecule has 0 aromatic heterocycles. The minimum absolute atomic E-state index is 0.307. The quantitative estimate of drug-likeness (QED) is 0.710. The molecule has 0 radical (unpaired) electrons. The lowest BCUT2D eigenvalue weighted by Gasteiger charge is -2.29. The molecule has 0 spiro atoms. The van der Waals surface area contributed by atoms with Gasteiger partial charge >= 0.3 is 0 Å². The van der Waals surface area contributed by atoms with Crippen molar-refractivity contribution < 1.29 is 8.42 Å². The Balaban J connectivity index is 2.51. The van der Waals surface area contributed by atoms with Crippen LogP contribution in [0.4, 0.5) is 0 Å². The predicted octanol–water partition coefficient (Wildman–Crippen LogP) is 0.695. The Bertz CT molecular complexity index is 300. The minimum Gasteiger partial charge on any atom is -0.313 e. The van der Waals surface area contributed by atoms with E-state index in [9.17, 15) is 8.42 Å². The zero-order valence-corrected chi connectivity index (χ0v) is 11.7. The van der Waals surface area contributed by atoms with Crippen LogP contribution in [-0.4, -0.2) is 44.9 Å². The van der Waals surface area contributed by atoms with Gasteiger partial charge in [-0.05, 0) is 25.8 Å². The molecular weight excluding hydrogens is 238 g/mol. The van der Waals surface area contributed by atoms with Crippen LogP contribution in [0.2, 0.25) is 0 Å². The van der Waals surface area contributed by atoms with Crippen molar-refractivity contribution in [2.24, 2.45) is 0 Å². The zero-order chi connectivity index (χ0) is 12.7. The Hall–Kier alpha value is -0.170. The molecule has 1 atom stereocenters. The van der Waals surface area contributed by atoms with Gasteiger partial charge < -0.3 is 5.32 Å². The fourth-order valence-corrected chi connectivity index (χ4v) is 3.41. The molecule has 1 aliphatic rings. The van der Waals surface area contributed by atoms with E-state index in [1.807, 2.05) is 13.8 Å². The van der Waals surface area contributed by atoms with Gasteiger partial charge in [0.15, 0.2) is 0 Å². The highest BCUT2D eigenvalue weighted by atomic mass is 32.2. The van der Waals surface area contributed by atoms with E-state index in [2.05, 4.69) is 10.0 Å². The average molecular weight is 263 g/mol. The summed E-state index contributed by atoms with van der Waals surface area (Å²) in [6, 6.07) is 0.307. The van der Waals surface area contributed by atoms with Gasteiger partial charge in [0.25, 0.3) is 10.2 Å². The van der Waals surface area contributed by atoms with E-state index >= 15 is 0 Å². The molecule has 17 heavy (non-hydrogen) atoms. The van der Waals surface area contributed by atoms with Crippen molar-refractivity contribution in [3.05, 3.63) is 0 Å². The van der Waals surface area contributed by atoms with Crippen LogP contribution in [0.15, 0.2) is 0 Å². The van der Waals surface area contributed by atoms with Crippen LogP contribution in [-0.2, 0) is 10.2 Å². The van der Waals surface area contributed by atoms with E-state index < -0.39 is 10.2 Å². The maximum absolute atomic E-state index is 12.0. The Morgan fingerprint density at radius 2 is 2.12 bits per heavy atom. The Morgan fingerprint density at radius 1 is 1.35 bits per heavy atom. The molecule has 1 rings (SSSR count). The molecule has 0 bridgehead atoms. The van der Waals surface area contributed by atoms with Crippen molar-refractivity contribution in [1.29, 1.82) is 0 Å². The van der Waals surface area contributed by atoms with Gasteiger partial charge in [-0.2, -0.15) is 12.7 Å². The van der Waals surface area contributed by atoms with Crippen molar-refractivity contribution in [3.8, 4) is 0 Å². The molecule has 1 unspecified atom stereocenters. The molecular formula is C11H25N3O2S. The lowest BCUT2D eigenvalue weighted by Crippen LogP contribution is -2.49. The molecule has 0 saturated carbocycles. The third-order valence-corrected chi connectivity index (χ3v) is 4.72. The number of hydrogen-bond donors (Lipinski definition) is 2. The fourth-order valence-electron chi connectivity index (χ4n) is 2.05. The normalized spacial score (nSPS) is 21.9. The third kappa shape index (κ3) is 4.91. The Labute approximate surface area is 105 Å². The zero-order valence-electron chi connectivity index (χ0n) is 10.9. The monoisotopic (exact) mass is 263 g/mol. The van der Waals surface area contributed by atoms with Crippen molar-refractivity contribution in [3.63, 3.8) is 0 Å². The van der Waals surface area contributed by atoms with Crippen molar-refractivity contribution in [2.75, 3.05) is 26.2 Å². The number of nitrogens with zero attached hydrogens (tertiary/aromatic N) is 1. The summed E-state index contributed by atoms with van der Waals surface area (Å²) in [5, 5.41) is 3.38. The number of rotatable bonds is 7. The summed E-state index contributed by atoms with van der Waals surface area (Å²) in [6.45, 7) is 6.46. The van der Waals surface area contributed by atoms with Crippen LogP contribution in [0, 0.1) is 0 Å². The van der Waals surface area contributed by atoms with Crippen molar-refractivity contribution in [2.45, 2.75) is 45.6 Å². The number of piperidine rings is 1. The molecule has 5 nitrogen and oxygen atoms in total. The summed E-state index contributed by atoms with van der Waals surface area (Å²) >= 11 is 0. The molecule has 102 valence electrons. The van der Waals surface area contributed by atoms with Crippen molar-refractivity contribution in [1.82, 2.24) is 14.3 Å². The first kappa shape index (κ1) is 14.9. The summed E-state index contributed by atoms with van der Waals surface area (Å²) in [5.41, 5.74) is 0. The van der Waals surface area contributed by atoms with Gasteiger partial charge in [0, 0.05) is 25.7 Å². The van der Waals surface area contributed by atoms with Crippen LogP contribution >= 0.6 is 0 Å². The highest BCUT2D eigenvalue weighted by Gasteiger charge is 2.24. The molecule has 6 heteroatoms. The van der Waals surface area contributed by atoms with Gasteiger partial charge in [-0.1, -0.05) is 20.3 Å². The highest BCUT2D eigenvalue weighted by Crippen LogP contribution is 2.10. The van der Waals surface area contributed by atoms with Crippen molar-refractivity contribution >= 4 is 10.2 Å². The largest absolute Gasteiger partial charge is 0.313 e. The summed E-state index contributed by atoms with van der Waals surface area (Å²) in [4.78, 5) is 0. The van der Waals surface area contributed by atoms with Gasteiger partial charge in [0.1, 0.15) is 0 Å². The van der Waals surface area contributed by atoms with Gasteiger partial charge in [-0.3, -0.25) is 0 Å². The lowest BCUT2D eigenvalue weighted by atomic mass is 10.1. The maximum Gasteiger partial charge on any atom is 0.279 e. The van der Waals surface area contributed by atoms with Gasteiger partial charge in [-0.25, -0.2) is 4.72 Å². The molecule has 1 heterocycles. The summed E-state index contributed by atoms with van der Waals surface area (Å²) in [5.74, 6) is 0. The number of nitrogens with one attached hydrogen (secondary N) is 2. The second-order valence-electron chi connectivity index (χ2n) is 4.50. The second-order valence-corrected chi connectivity index (χ2v) is 6.25. The van der Waals surface area contributed by atoms with E-state index in [1.54, 1.807) is 0 Å². The van der Waals surface area contributed by atoms with Crippen LogP contribution in [0.1, 0.15) is 39.5 Å². The van der Waals surface area contributed by atoms with Crippen LogP contribution in [0.3, 0.4) is 0 Å². The molecule has 1 aliphatic heterocycles. The molecule has 2 N–H and O–H groups in total. The van der Waals surface area contributed by atoms with Gasteiger partial charge in [0.2, 0.25) is 0 Å². The maximum atomic E-state index is 12.0. The smallest absolute Gasteiger partial charge is 0.279 e. The van der Waals surface area contributed by atoms with E-state index in [4.69, 9.17) is 0 Å². The predicted molar refractivity (Wildman–Crippen MR) is 70.1 cm³/mol. The summed E-state index contributed by atoms with van der Waals surface area (Å²) in [7, 11) is -3.29. The van der Waals surface area contributed by atoms with Gasteiger partial charge in [0.05, 0.1) is 0 Å². The van der Waals surface area contributed by atoms with E-state index in [0.29, 0.717) is 25.7 Å². The van der Waals surface area contributed by atoms with Crippen LogP contribution in [0.25, 0.3) is 0 Å². The first-order valence-corrected chi connectivity index (χ1v) is 8.02. The van der Waals surface area contributed by atoms with E-state index in [0.717, 1.165) is 19.4 Å². The fraction of sp³-hybridized carbons (Fsp3) is 1.00. The number of hydrogen-bond acceptors (Lipinski definition) is 3. The molecule has 0 aromatic carbocycles. The SMILES string of the molecule is CCCNS(=O)(=O)N(CC)CC1CCCCN1. The molecule has 1 saturated heterocycles. The van der Waals surface area contributed by atoms with E-state index in [-0.39, 0.29) is 0 Å². The lowest BCUT2D eigenvalue weighted by molar-refractivity contribution is 0.317. The minimum atomic E-state index is -3.29. The molecule has 0 aromatic rings. The standard InChI is InChI=1S/C11H25N3O2S/c1-3-8-13-17(15,16)14(4-2)10-11-7-5-6-9-12-11/h11-13H,3-10H2,1-2H3. The molecule has 0 aliphatic carbocycles. The molecule has 0 amide bonds. The third-order valence-electron chi connectivity index (χ3n) is 3.06. The average Bonchev–Trinajstić information content (AvgIpc) is 2.34. The first-order valence-electron chi connectivity index (χ1n) is 6.58. The topological polar surface area (TPSA) is 61.4 Å². The van der Waals surface area contributed by atoms with Crippen LogP contribution < -0.4 is 10.0 Å². The first-order chi connectivity index (χ1) is 8.10. The summed E-state index contributed by atoms with van der Waals surface area (Å²) < 4.78 is 28.1. The Morgan fingerprint density at radius 3 is 2.65 bits per heavy atom. The van der Waals surface area contributed by atoms with Crippen LogP contribution in [0.5, 0.6) is 0 Å². The summed E-state index contributed by atoms with van der Waals surface area (Å²) in [6.07, 6.45) is 4.28. The Kier molecular flexibility index (Phi) is 6.40.